The van der Waals surface area contributed by atoms with Crippen molar-refractivity contribution >= 4 is 0 Å². The van der Waals surface area contributed by atoms with Crippen LogP contribution in [0.2, 0.25) is 0 Å². The lowest BCUT2D eigenvalue weighted by molar-refractivity contribution is 0.227. The van der Waals surface area contributed by atoms with E-state index in [9.17, 15) is 0 Å². The minimum Gasteiger partial charge on any atom is -0.314 e. The van der Waals surface area contributed by atoms with Gasteiger partial charge in [-0.1, -0.05) is 24.3 Å². The predicted molar refractivity (Wildman–Crippen MR) is 73.8 cm³/mol. The molecule has 96 valence electrons. The average Bonchev–Trinajstić information content (AvgIpc) is 3.14. The second kappa shape index (κ2) is 4.36. The molecule has 3 unspecified atom stereocenters. The number of nitrogens with zero attached hydrogens (tertiary/aromatic N) is 1. The Hall–Kier alpha value is -0.860. The van der Waals surface area contributed by atoms with Gasteiger partial charge in [0.2, 0.25) is 0 Å². The van der Waals surface area contributed by atoms with Crippen LogP contribution in [0.1, 0.15) is 23.5 Å². The Morgan fingerprint density at radius 1 is 1.17 bits per heavy atom. The number of benzene rings is 1. The van der Waals surface area contributed by atoms with E-state index in [-0.39, 0.29) is 0 Å². The predicted octanol–water partition coefficient (Wildman–Crippen LogP) is 1.87. The van der Waals surface area contributed by atoms with Crippen LogP contribution in [0.25, 0.3) is 0 Å². The molecule has 18 heavy (non-hydrogen) atoms. The van der Waals surface area contributed by atoms with Crippen LogP contribution < -0.4 is 5.32 Å². The van der Waals surface area contributed by atoms with Gasteiger partial charge in [0.25, 0.3) is 0 Å². The van der Waals surface area contributed by atoms with Gasteiger partial charge in [0.15, 0.2) is 0 Å². The van der Waals surface area contributed by atoms with Crippen LogP contribution >= 0.6 is 0 Å². The number of hydrogen-bond donors (Lipinski definition) is 1. The largest absolute Gasteiger partial charge is 0.314 e. The SMILES string of the molecule is c1ccc2c(c1)CCC1C(CN3CCNCC3)C21. The molecule has 1 saturated carbocycles. The van der Waals surface area contributed by atoms with Crippen molar-refractivity contribution in [2.24, 2.45) is 11.8 Å². The zero-order valence-corrected chi connectivity index (χ0v) is 10.9. The maximum atomic E-state index is 3.45. The number of nitrogens with one attached hydrogen (secondary N) is 1. The molecule has 0 aromatic heterocycles. The fourth-order valence-corrected chi connectivity index (χ4v) is 4.15. The molecule has 0 radical (unpaired) electrons. The quantitative estimate of drug-likeness (QED) is 0.851. The van der Waals surface area contributed by atoms with Crippen LogP contribution in [-0.2, 0) is 6.42 Å². The first kappa shape index (κ1) is 11.0. The van der Waals surface area contributed by atoms with Crippen molar-refractivity contribution < 1.29 is 0 Å². The first-order valence-corrected chi connectivity index (χ1v) is 7.44. The first-order valence-electron chi connectivity index (χ1n) is 7.44. The van der Waals surface area contributed by atoms with Crippen molar-refractivity contribution in [3.05, 3.63) is 35.4 Å². The van der Waals surface area contributed by atoms with Gasteiger partial charge in [-0.2, -0.15) is 0 Å². The highest BCUT2D eigenvalue weighted by Crippen LogP contribution is 2.59. The van der Waals surface area contributed by atoms with E-state index in [0.717, 1.165) is 17.8 Å². The molecule has 1 aromatic rings. The van der Waals surface area contributed by atoms with Crippen LogP contribution in [0, 0.1) is 11.8 Å². The van der Waals surface area contributed by atoms with Crippen LogP contribution in [0.15, 0.2) is 24.3 Å². The third-order valence-corrected chi connectivity index (χ3v) is 5.17. The Kier molecular flexibility index (Phi) is 2.66. The standard InChI is InChI=1S/C16H22N2/c1-2-4-13-12(3-1)5-6-14-15(16(13)14)11-18-9-7-17-8-10-18/h1-4,14-17H,5-11H2. The highest BCUT2D eigenvalue weighted by atomic mass is 15.2. The number of fused-ring (bicyclic) bond motifs is 3. The molecule has 3 atom stereocenters. The number of rotatable bonds is 2. The van der Waals surface area contributed by atoms with E-state index in [1.807, 2.05) is 0 Å². The molecule has 3 aliphatic rings. The van der Waals surface area contributed by atoms with Gasteiger partial charge in [-0.15, -0.1) is 0 Å². The first-order chi connectivity index (χ1) is 8.93. The lowest BCUT2D eigenvalue weighted by atomic mass is 9.92. The zero-order chi connectivity index (χ0) is 11.9. The molecule has 2 nitrogen and oxygen atoms in total. The van der Waals surface area contributed by atoms with Crippen molar-refractivity contribution in [3.63, 3.8) is 0 Å². The Balaban J connectivity index is 1.47. The highest BCUT2D eigenvalue weighted by Gasteiger charge is 2.53. The molecule has 2 fully saturated rings. The second-order valence-corrected chi connectivity index (χ2v) is 6.14. The third-order valence-electron chi connectivity index (χ3n) is 5.17. The van der Waals surface area contributed by atoms with E-state index in [4.69, 9.17) is 0 Å². The van der Waals surface area contributed by atoms with Crippen LogP contribution in [-0.4, -0.2) is 37.6 Å². The van der Waals surface area contributed by atoms with Gasteiger partial charge >= 0.3 is 0 Å². The van der Waals surface area contributed by atoms with Gasteiger partial charge in [0.05, 0.1) is 0 Å². The fourth-order valence-electron chi connectivity index (χ4n) is 4.15. The topological polar surface area (TPSA) is 15.3 Å². The van der Waals surface area contributed by atoms with Crippen LogP contribution in [0.5, 0.6) is 0 Å². The monoisotopic (exact) mass is 242 g/mol. The molecule has 1 aliphatic heterocycles. The Morgan fingerprint density at radius 3 is 2.89 bits per heavy atom. The number of aryl methyl sites for hydroxylation is 1. The molecule has 2 heteroatoms. The van der Waals surface area contributed by atoms with Gasteiger partial charge in [0, 0.05) is 32.7 Å². The summed E-state index contributed by atoms with van der Waals surface area (Å²) in [6, 6.07) is 9.14. The van der Waals surface area contributed by atoms with E-state index < -0.39 is 0 Å². The summed E-state index contributed by atoms with van der Waals surface area (Å²) in [5, 5.41) is 3.45. The normalized spacial score (nSPS) is 34.8. The highest BCUT2D eigenvalue weighted by molar-refractivity contribution is 5.39. The molecular formula is C16H22N2. The van der Waals surface area contributed by atoms with Crippen LogP contribution in [0.3, 0.4) is 0 Å². The molecule has 0 bridgehead atoms. The molecule has 1 aromatic carbocycles. The summed E-state index contributed by atoms with van der Waals surface area (Å²) >= 11 is 0. The summed E-state index contributed by atoms with van der Waals surface area (Å²) < 4.78 is 0. The molecule has 1 saturated heterocycles. The lowest BCUT2D eigenvalue weighted by Crippen LogP contribution is -2.44. The third kappa shape index (κ3) is 1.79. The summed E-state index contributed by atoms with van der Waals surface area (Å²) in [5.74, 6) is 2.84. The fraction of sp³-hybridized carbons (Fsp3) is 0.625. The molecule has 2 aliphatic carbocycles. The smallest absolute Gasteiger partial charge is 0.0107 e. The van der Waals surface area contributed by atoms with Crippen molar-refractivity contribution in [2.75, 3.05) is 32.7 Å². The minimum absolute atomic E-state index is 0.893. The second-order valence-electron chi connectivity index (χ2n) is 6.14. The number of hydrogen-bond acceptors (Lipinski definition) is 2. The Labute approximate surface area is 109 Å². The van der Waals surface area contributed by atoms with Crippen molar-refractivity contribution in [1.29, 1.82) is 0 Å². The molecule has 1 N–H and O–H groups in total. The maximum absolute atomic E-state index is 3.45. The molecule has 1 heterocycles. The summed E-state index contributed by atoms with van der Waals surface area (Å²) in [4.78, 5) is 2.67. The van der Waals surface area contributed by atoms with E-state index in [1.54, 1.807) is 11.1 Å². The van der Waals surface area contributed by atoms with Gasteiger partial charge in [-0.25, -0.2) is 0 Å². The van der Waals surface area contributed by atoms with Gasteiger partial charge < -0.3 is 10.2 Å². The van der Waals surface area contributed by atoms with Crippen molar-refractivity contribution in [2.45, 2.75) is 18.8 Å². The number of piperazine rings is 1. The van der Waals surface area contributed by atoms with Crippen molar-refractivity contribution in [3.8, 4) is 0 Å². The Morgan fingerprint density at radius 2 is 2.00 bits per heavy atom. The van der Waals surface area contributed by atoms with E-state index in [0.29, 0.717) is 0 Å². The van der Waals surface area contributed by atoms with Gasteiger partial charge in [-0.05, 0) is 41.7 Å². The van der Waals surface area contributed by atoms with Gasteiger partial charge in [0.1, 0.15) is 0 Å². The zero-order valence-electron chi connectivity index (χ0n) is 10.9. The maximum Gasteiger partial charge on any atom is 0.0107 e. The van der Waals surface area contributed by atoms with Crippen LogP contribution in [0.4, 0.5) is 0 Å². The molecular weight excluding hydrogens is 220 g/mol. The summed E-state index contributed by atoms with van der Waals surface area (Å²) in [5.41, 5.74) is 3.30. The summed E-state index contributed by atoms with van der Waals surface area (Å²) in [6.45, 7) is 6.19. The van der Waals surface area contributed by atoms with E-state index in [1.165, 1.54) is 45.6 Å². The van der Waals surface area contributed by atoms with Crippen molar-refractivity contribution in [1.82, 2.24) is 10.2 Å². The lowest BCUT2D eigenvalue weighted by Gasteiger charge is -2.27. The minimum atomic E-state index is 0.893. The molecule has 4 rings (SSSR count). The summed E-state index contributed by atoms with van der Waals surface area (Å²) in [7, 11) is 0. The molecule has 0 spiro atoms. The average molecular weight is 242 g/mol. The molecule has 0 amide bonds. The van der Waals surface area contributed by atoms with E-state index in [2.05, 4.69) is 34.5 Å². The summed E-state index contributed by atoms with van der Waals surface area (Å²) in [6.07, 6.45) is 2.74. The van der Waals surface area contributed by atoms with E-state index >= 15 is 0 Å². The van der Waals surface area contributed by atoms with Gasteiger partial charge in [-0.3, -0.25) is 0 Å². The Bertz CT molecular complexity index is 436.